The van der Waals surface area contributed by atoms with E-state index in [1.807, 2.05) is 18.2 Å². The Hall–Kier alpha value is -1.55. The smallest absolute Gasteiger partial charge is 0.341 e. The lowest BCUT2D eigenvalue weighted by molar-refractivity contribution is -0.139. The first-order valence-electron chi connectivity index (χ1n) is 5.73. The zero-order chi connectivity index (χ0) is 12.7. The van der Waals surface area contributed by atoms with Crippen LogP contribution in [0.2, 0.25) is 0 Å². The summed E-state index contributed by atoms with van der Waals surface area (Å²) in [6, 6.07) is 7.48. The third-order valence-corrected chi connectivity index (χ3v) is 2.19. The standard InChI is InChI=1S/C13H19NO3/c1-10(2)7-14-8-11-5-3-4-6-12(11)17-9-13(15)16/h3-6,10,14H,7-9H2,1-2H3,(H,15,16). The highest BCUT2D eigenvalue weighted by Gasteiger charge is 2.05. The van der Waals surface area contributed by atoms with E-state index in [2.05, 4.69) is 19.2 Å². The Balaban J connectivity index is 2.54. The maximum atomic E-state index is 10.4. The molecule has 1 aromatic carbocycles. The van der Waals surface area contributed by atoms with Gasteiger partial charge in [-0.05, 0) is 18.5 Å². The molecule has 4 heteroatoms. The molecular weight excluding hydrogens is 218 g/mol. The Labute approximate surface area is 102 Å². The van der Waals surface area contributed by atoms with Crippen molar-refractivity contribution in [2.24, 2.45) is 5.92 Å². The molecule has 0 heterocycles. The van der Waals surface area contributed by atoms with Crippen molar-refractivity contribution >= 4 is 5.97 Å². The first-order valence-corrected chi connectivity index (χ1v) is 5.73. The summed E-state index contributed by atoms with van der Waals surface area (Å²) >= 11 is 0. The molecule has 0 aromatic heterocycles. The van der Waals surface area contributed by atoms with E-state index < -0.39 is 5.97 Å². The largest absolute Gasteiger partial charge is 0.482 e. The van der Waals surface area contributed by atoms with Crippen LogP contribution in [0, 0.1) is 5.92 Å². The van der Waals surface area contributed by atoms with Crippen molar-refractivity contribution < 1.29 is 14.6 Å². The molecule has 0 bridgehead atoms. The molecule has 0 atom stereocenters. The van der Waals surface area contributed by atoms with E-state index in [0.717, 1.165) is 12.1 Å². The van der Waals surface area contributed by atoms with Crippen molar-refractivity contribution in [3.05, 3.63) is 29.8 Å². The van der Waals surface area contributed by atoms with Crippen LogP contribution >= 0.6 is 0 Å². The van der Waals surface area contributed by atoms with Crippen molar-refractivity contribution in [2.45, 2.75) is 20.4 Å². The first-order chi connectivity index (χ1) is 8.09. The minimum absolute atomic E-state index is 0.304. The van der Waals surface area contributed by atoms with Gasteiger partial charge in [-0.25, -0.2) is 4.79 Å². The topological polar surface area (TPSA) is 58.6 Å². The van der Waals surface area contributed by atoms with Gasteiger partial charge in [0.1, 0.15) is 5.75 Å². The average molecular weight is 237 g/mol. The first kappa shape index (κ1) is 13.5. The second-order valence-corrected chi connectivity index (χ2v) is 4.31. The van der Waals surface area contributed by atoms with Crippen molar-refractivity contribution in [3.63, 3.8) is 0 Å². The van der Waals surface area contributed by atoms with Crippen molar-refractivity contribution in [1.29, 1.82) is 0 Å². The molecule has 0 unspecified atom stereocenters. The zero-order valence-electron chi connectivity index (χ0n) is 10.3. The van der Waals surface area contributed by atoms with E-state index in [1.54, 1.807) is 6.07 Å². The third kappa shape index (κ3) is 5.36. The summed E-state index contributed by atoms with van der Waals surface area (Å²) in [7, 11) is 0. The van der Waals surface area contributed by atoms with Gasteiger partial charge in [0.25, 0.3) is 0 Å². The molecule has 0 aliphatic carbocycles. The van der Waals surface area contributed by atoms with E-state index >= 15 is 0 Å². The van der Waals surface area contributed by atoms with Gasteiger partial charge >= 0.3 is 5.97 Å². The maximum absolute atomic E-state index is 10.4. The van der Waals surface area contributed by atoms with Gasteiger partial charge in [-0.1, -0.05) is 32.0 Å². The summed E-state index contributed by atoms with van der Waals surface area (Å²) in [6.45, 7) is 5.59. The number of para-hydroxylation sites is 1. The van der Waals surface area contributed by atoms with Gasteiger partial charge in [-0.15, -0.1) is 0 Å². The quantitative estimate of drug-likeness (QED) is 0.760. The van der Waals surface area contributed by atoms with Gasteiger partial charge in [-0.2, -0.15) is 0 Å². The summed E-state index contributed by atoms with van der Waals surface area (Å²) in [4.78, 5) is 10.4. The lowest BCUT2D eigenvalue weighted by Gasteiger charge is -2.11. The SMILES string of the molecule is CC(C)CNCc1ccccc1OCC(=O)O. The summed E-state index contributed by atoms with van der Waals surface area (Å²) in [5, 5.41) is 11.9. The molecule has 0 saturated carbocycles. The minimum atomic E-state index is -0.963. The lowest BCUT2D eigenvalue weighted by Crippen LogP contribution is -2.20. The van der Waals surface area contributed by atoms with Crippen molar-refractivity contribution in [1.82, 2.24) is 5.32 Å². The Kier molecular flexibility index (Phi) is 5.49. The van der Waals surface area contributed by atoms with E-state index in [-0.39, 0.29) is 6.61 Å². The number of rotatable bonds is 7. The number of carboxylic acid groups (broad SMARTS) is 1. The van der Waals surface area contributed by atoms with Crippen LogP contribution in [-0.2, 0) is 11.3 Å². The molecule has 0 spiro atoms. The van der Waals surface area contributed by atoms with Gasteiger partial charge in [0.15, 0.2) is 6.61 Å². The molecule has 1 aromatic rings. The van der Waals surface area contributed by atoms with Crippen LogP contribution in [0.3, 0.4) is 0 Å². The van der Waals surface area contributed by atoms with E-state index in [9.17, 15) is 4.79 Å². The van der Waals surface area contributed by atoms with Gasteiger partial charge in [0.05, 0.1) is 0 Å². The number of carboxylic acids is 1. The number of nitrogens with one attached hydrogen (secondary N) is 1. The third-order valence-electron chi connectivity index (χ3n) is 2.19. The molecule has 0 amide bonds. The average Bonchev–Trinajstić information content (AvgIpc) is 2.27. The summed E-state index contributed by atoms with van der Waals surface area (Å²) in [6.07, 6.45) is 0. The van der Waals surface area contributed by atoms with Gasteiger partial charge in [-0.3, -0.25) is 0 Å². The van der Waals surface area contributed by atoms with E-state index in [1.165, 1.54) is 0 Å². The molecule has 0 radical (unpaired) electrons. The molecule has 4 nitrogen and oxygen atoms in total. The molecule has 0 aliphatic heterocycles. The van der Waals surface area contributed by atoms with Crippen molar-refractivity contribution in [2.75, 3.05) is 13.2 Å². The molecule has 0 saturated heterocycles. The van der Waals surface area contributed by atoms with Crippen LogP contribution in [0.25, 0.3) is 0 Å². The van der Waals surface area contributed by atoms with Crippen LogP contribution < -0.4 is 10.1 Å². The van der Waals surface area contributed by atoms with Gasteiger partial charge in [0.2, 0.25) is 0 Å². The van der Waals surface area contributed by atoms with Crippen molar-refractivity contribution in [3.8, 4) is 5.75 Å². The second-order valence-electron chi connectivity index (χ2n) is 4.31. The highest BCUT2D eigenvalue weighted by atomic mass is 16.5. The highest BCUT2D eigenvalue weighted by molar-refractivity contribution is 5.68. The fraction of sp³-hybridized carbons (Fsp3) is 0.462. The van der Waals surface area contributed by atoms with Crippen LogP contribution in [0.1, 0.15) is 19.4 Å². The zero-order valence-corrected chi connectivity index (χ0v) is 10.3. The summed E-state index contributed by atoms with van der Waals surface area (Å²) in [5.41, 5.74) is 0.981. The van der Waals surface area contributed by atoms with Gasteiger partial charge < -0.3 is 15.2 Å². The number of hydrogen-bond donors (Lipinski definition) is 2. The number of aliphatic carboxylic acids is 1. The van der Waals surface area contributed by atoms with Crippen LogP contribution in [0.4, 0.5) is 0 Å². The second kappa shape index (κ2) is 6.91. The maximum Gasteiger partial charge on any atom is 0.341 e. The molecule has 94 valence electrons. The molecule has 0 fully saturated rings. The molecule has 2 N–H and O–H groups in total. The molecule has 1 rings (SSSR count). The Morgan fingerprint density at radius 3 is 2.76 bits per heavy atom. The summed E-state index contributed by atoms with van der Waals surface area (Å²) < 4.78 is 5.22. The molecular formula is C13H19NO3. The minimum Gasteiger partial charge on any atom is -0.482 e. The predicted molar refractivity (Wildman–Crippen MR) is 66.1 cm³/mol. The van der Waals surface area contributed by atoms with Crippen LogP contribution in [-0.4, -0.2) is 24.2 Å². The van der Waals surface area contributed by atoms with Crippen LogP contribution in [0.5, 0.6) is 5.75 Å². The number of carbonyl (C=O) groups is 1. The fourth-order valence-corrected chi connectivity index (χ4v) is 1.43. The van der Waals surface area contributed by atoms with E-state index in [0.29, 0.717) is 18.2 Å². The number of hydrogen-bond acceptors (Lipinski definition) is 3. The predicted octanol–water partition coefficient (Wildman–Crippen LogP) is 1.90. The number of ether oxygens (including phenoxy) is 1. The monoisotopic (exact) mass is 237 g/mol. The Morgan fingerprint density at radius 1 is 1.41 bits per heavy atom. The Bertz CT molecular complexity index is 363. The van der Waals surface area contributed by atoms with E-state index in [4.69, 9.17) is 9.84 Å². The van der Waals surface area contributed by atoms with Gasteiger partial charge in [0, 0.05) is 12.1 Å². The molecule has 0 aliphatic rings. The fourth-order valence-electron chi connectivity index (χ4n) is 1.43. The highest BCUT2D eigenvalue weighted by Crippen LogP contribution is 2.17. The van der Waals surface area contributed by atoms with Crippen LogP contribution in [0.15, 0.2) is 24.3 Å². The molecule has 17 heavy (non-hydrogen) atoms. The number of benzene rings is 1. The normalized spacial score (nSPS) is 10.5. The lowest BCUT2D eigenvalue weighted by atomic mass is 10.2. The summed E-state index contributed by atoms with van der Waals surface area (Å²) in [5.74, 6) is 0.253. The Morgan fingerprint density at radius 2 is 2.12 bits per heavy atom.